The summed E-state index contributed by atoms with van der Waals surface area (Å²) >= 11 is -1.75. The Morgan fingerprint density at radius 2 is 0.618 bits per heavy atom. The van der Waals surface area contributed by atoms with Crippen molar-refractivity contribution in [3.63, 3.8) is 0 Å². The van der Waals surface area contributed by atoms with Crippen LogP contribution in [0.4, 0.5) is 0 Å². The average molecular weight is 559 g/mol. The van der Waals surface area contributed by atoms with Crippen LogP contribution >= 0.6 is 0 Å². The lowest BCUT2D eigenvalue weighted by molar-refractivity contribution is 0.372. The minimum Gasteiger partial charge on any atom is -0.229 e. The highest BCUT2D eigenvalue weighted by atomic mass is 32.2. The number of sulfone groups is 3. The Hall–Kier alpha value is 0.382. The maximum atomic E-state index is 12.5. The molecule has 0 bridgehead atoms. The van der Waals surface area contributed by atoms with Gasteiger partial charge < -0.3 is 0 Å². The van der Waals surface area contributed by atoms with E-state index in [2.05, 4.69) is 41.5 Å². The van der Waals surface area contributed by atoms with E-state index in [4.69, 9.17) is 0 Å². The summed E-state index contributed by atoms with van der Waals surface area (Å²) in [6.45, 7) is 17.7. The fraction of sp³-hybridized carbons (Fsp3) is 1.00. The summed E-state index contributed by atoms with van der Waals surface area (Å²) < 4.78 is 74.7. The largest absolute Gasteiger partial charge is 0.262 e. The Bertz CT molecular complexity index is 816. The molecule has 0 rings (SSSR count). The van der Waals surface area contributed by atoms with Crippen LogP contribution in [-0.4, -0.2) is 73.9 Å². The molecule has 0 fully saturated rings. The molecule has 0 aromatic rings. The molecule has 10 heteroatoms. The predicted molar refractivity (Wildman–Crippen MR) is 148 cm³/mol. The fourth-order valence-electron chi connectivity index (χ4n) is 5.41. The van der Waals surface area contributed by atoms with Crippen molar-refractivity contribution in [2.24, 2.45) is 35.5 Å². The maximum absolute atomic E-state index is 12.5. The highest BCUT2D eigenvalue weighted by Crippen LogP contribution is 2.37. The third kappa shape index (κ3) is 10.8. The van der Waals surface area contributed by atoms with Crippen LogP contribution in [0.1, 0.15) is 62.3 Å². The summed E-state index contributed by atoms with van der Waals surface area (Å²) in [5, 5.41) is 0.841. The molecule has 0 aliphatic carbocycles. The Kier molecular flexibility index (Phi) is 13.4. The minimum absolute atomic E-state index is 0.0330. The number of hydrogen-bond donors (Lipinski definition) is 0. The molecule has 34 heavy (non-hydrogen) atoms. The summed E-state index contributed by atoms with van der Waals surface area (Å²) in [6, 6.07) is 0. The first-order chi connectivity index (χ1) is 15.0. The quantitative estimate of drug-likeness (QED) is 0.272. The average Bonchev–Trinajstić information content (AvgIpc) is 2.62. The van der Waals surface area contributed by atoms with E-state index in [1.807, 2.05) is 0 Å². The lowest BCUT2D eigenvalue weighted by Gasteiger charge is -2.35. The molecule has 0 saturated heterocycles. The summed E-state index contributed by atoms with van der Waals surface area (Å²) in [5.74, 6) is 0.385. The minimum atomic E-state index is -3.23. The molecule has 0 N–H and O–H groups in total. The summed E-state index contributed by atoms with van der Waals surface area (Å²) in [7, 11) is -9.69. The van der Waals surface area contributed by atoms with Gasteiger partial charge in [-0.2, -0.15) is 0 Å². The van der Waals surface area contributed by atoms with E-state index < -0.39 is 59.4 Å². The smallest absolute Gasteiger partial charge is 0.229 e. The van der Waals surface area contributed by atoms with E-state index in [9.17, 15) is 25.3 Å². The van der Waals surface area contributed by atoms with Gasteiger partial charge in [0.05, 0.1) is 15.7 Å². The zero-order valence-corrected chi connectivity index (χ0v) is 27.2. The van der Waals surface area contributed by atoms with Crippen molar-refractivity contribution in [3.05, 3.63) is 0 Å². The molecule has 6 nitrogen and oxygen atoms in total. The lowest BCUT2D eigenvalue weighted by atomic mass is 9.94. The fourth-order valence-corrected chi connectivity index (χ4v) is 14.9. The van der Waals surface area contributed by atoms with E-state index in [-0.39, 0.29) is 35.5 Å². The molecular weight excluding hydrogens is 507 g/mol. The first-order valence-electron chi connectivity index (χ1n) is 12.6. The van der Waals surface area contributed by atoms with Crippen LogP contribution in [0.2, 0.25) is 15.8 Å². The van der Waals surface area contributed by atoms with Crippen LogP contribution in [0, 0.1) is 35.5 Å². The third-order valence-electron chi connectivity index (χ3n) is 8.22. The second kappa shape index (κ2) is 13.3. The number of hydrogen-bond acceptors (Lipinski definition) is 6. The second-order valence-corrected chi connectivity index (χ2v) is 22.3. The maximum Gasteiger partial charge on any atom is 0.262 e. The van der Waals surface area contributed by atoms with Gasteiger partial charge in [-0.05, 0) is 56.3 Å². The van der Waals surface area contributed by atoms with Gasteiger partial charge >= 0.3 is 0 Å². The zero-order valence-electron chi connectivity index (χ0n) is 23.6. The van der Waals surface area contributed by atoms with Crippen LogP contribution in [0.3, 0.4) is 0 Å². The van der Waals surface area contributed by atoms with Crippen molar-refractivity contribution in [3.8, 4) is 0 Å². The Morgan fingerprint density at radius 1 is 0.441 bits per heavy atom. The first-order valence-corrected chi connectivity index (χ1v) is 20.9. The van der Waals surface area contributed by atoms with Crippen LogP contribution in [0.15, 0.2) is 0 Å². The Balaban J connectivity index is 6.46. The van der Waals surface area contributed by atoms with E-state index in [1.165, 1.54) is 18.8 Å². The first kappa shape index (κ1) is 34.4. The van der Waals surface area contributed by atoms with E-state index in [0.717, 1.165) is 15.8 Å². The molecule has 0 heterocycles. The predicted octanol–water partition coefficient (Wildman–Crippen LogP) is 4.60. The molecule has 0 aliphatic heterocycles. The second-order valence-electron chi connectivity index (χ2n) is 11.9. The highest BCUT2D eigenvalue weighted by Gasteiger charge is 2.40. The van der Waals surface area contributed by atoms with Crippen LogP contribution < -0.4 is 0 Å². The van der Waals surface area contributed by atoms with E-state index >= 15 is 0 Å². The molecule has 0 aliphatic rings. The standard InChI is InChI=1S/3C8H17O2S.Al/c3*1-6(2)7(3)8(4)11(5,9)10;/h3*6-8H,3H2,1-2,4-5H3;. The van der Waals surface area contributed by atoms with Crippen molar-refractivity contribution >= 4 is 43.7 Å². The van der Waals surface area contributed by atoms with Crippen molar-refractivity contribution in [2.75, 3.05) is 18.8 Å². The van der Waals surface area contributed by atoms with Crippen LogP contribution in [0.25, 0.3) is 0 Å². The summed E-state index contributed by atoms with van der Waals surface area (Å²) in [4.78, 5) is 0. The van der Waals surface area contributed by atoms with Crippen LogP contribution in [0.5, 0.6) is 0 Å². The molecule has 6 atom stereocenters. The Morgan fingerprint density at radius 3 is 0.735 bits per heavy atom. The zero-order chi connectivity index (χ0) is 27.4. The number of rotatable bonds is 15. The van der Waals surface area contributed by atoms with Gasteiger partial charge in [-0.3, -0.25) is 0 Å². The van der Waals surface area contributed by atoms with Gasteiger partial charge in [-0.15, -0.1) is 0 Å². The summed E-state index contributed by atoms with van der Waals surface area (Å²) in [5.41, 5.74) is 0. The Labute approximate surface area is 216 Å². The van der Waals surface area contributed by atoms with Gasteiger partial charge in [0, 0.05) is 18.8 Å². The molecule has 0 aromatic heterocycles. The lowest BCUT2D eigenvalue weighted by Crippen LogP contribution is -2.40. The molecule has 6 unspecified atom stereocenters. The molecule has 204 valence electrons. The molecule has 0 aromatic carbocycles. The SMILES string of the molecule is CC(C)C([CH2][Al]([CH2]C(C(C)C)C(C)S(C)(=O)=O)[CH2]C(C(C)C)C(C)S(C)(=O)=O)C(C)S(C)(=O)=O. The molecule has 0 amide bonds. The van der Waals surface area contributed by atoms with Gasteiger partial charge in [0.25, 0.3) is 14.1 Å². The van der Waals surface area contributed by atoms with Gasteiger partial charge in [-0.1, -0.05) is 57.4 Å². The van der Waals surface area contributed by atoms with Crippen molar-refractivity contribution < 1.29 is 25.3 Å². The van der Waals surface area contributed by atoms with Crippen molar-refractivity contribution in [2.45, 2.75) is 93.9 Å². The van der Waals surface area contributed by atoms with Gasteiger partial charge in [-0.25, -0.2) is 25.3 Å². The molecule has 0 spiro atoms. The summed E-state index contributed by atoms with van der Waals surface area (Å²) in [6.07, 6.45) is 3.86. The monoisotopic (exact) mass is 558 g/mol. The molecule has 0 radical (unpaired) electrons. The molecule has 0 saturated carbocycles. The molecular formula is C24H51AlO6S3. The van der Waals surface area contributed by atoms with Gasteiger partial charge in [0.2, 0.25) is 0 Å². The van der Waals surface area contributed by atoms with Crippen molar-refractivity contribution in [1.82, 2.24) is 0 Å². The van der Waals surface area contributed by atoms with Crippen LogP contribution in [-0.2, 0) is 29.5 Å². The van der Waals surface area contributed by atoms with Crippen molar-refractivity contribution in [1.29, 1.82) is 0 Å². The van der Waals surface area contributed by atoms with E-state index in [0.29, 0.717) is 0 Å². The normalized spacial score (nSPS) is 19.1. The van der Waals surface area contributed by atoms with Gasteiger partial charge in [0.15, 0.2) is 0 Å². The van der Waals surface area contributed by atoms with Gasteiger partial charge in [0.1, 0.15) is 29.5 Å². The highest BCUT2D eigenvalue weighted by molar-refractivity contribution is 7.91. The topological polar surface area (TPSA) is 102 Å². The third-order valence-corrected chi connectivity index (χ3v) is 17.0. The van der Waals surface area contributed by atoms with E-state index in [1.54, 1.807) is 20.8 Å².